The van der Waals surface area contributed by atoms with Crippen LogP contribution in [0.2, 0.25) is 0 Å². The third-order valence-electron chi connectivity index (χ3n) is 12.2. The lowest BCUT2D eigenvalue weighted by Gasteiger charge is -2.40. The third-order valence-corrected chi connectivity index (χ3v) is 13.4. The van der Waals surface area contributed by atoms with Crippen LogP contribution in [0.3, 0.4) is 0 Å². The molecule has 3 heterocycles. The van der Waals surface area contributed by atoms with Gasteiger partial charge in [-0.1, -0.05) is 176 Å². The predicted octanol–water partition coefficient (Wildman–Crippen LogP) is 12.9. The van der Waals surface area contributed by atoms with E-state index in [2.05, 4.69) is 163 Å². The molecule has 3 aliphatic rings. The van der Waals surface area contributed by atoms with Crippen LogP contribution in [-0.4, -0.2) is 16.7 Å². The number of para-hydroxylation sites is 1. The molecule has 0 saturated carbocycles. The molecule has 1 N–H and O–H groups in total. The lowest BCUT2D eigenvalue weighted by Crippen LogP contribution is -2.35. The first-order valence-corrected chi connectivity index (χ1v) is 21.2. The van der Waals surface area contributed by atoms with Gasteiger partial charge in [0.1, 0.15) is 11.7 Å². The van der Waals surface area contributed by atoms with Crippen LogP contribution in [0, 0.1) is 0 Å². The van der Waals surface area contributed by atoms with E-state index < -0.39 is 11.6 Å². The van der Waals surface area contributed by atoms with Gasteiger partial charge in [-0.2, -0.15) is 0 Å². The number of hydrogen-bond acceptors (Lipinski definition) is 5. The normalized spacial score (nSPS) is 14.7. The maximum Gasteiger partial charge on any atom is 0.169 e. The number of aliphatic imine (C=N–C) groups is 2. The van der Waals surface area contributed by atoms with E-state index in [1.165, 1.54) is 48.7 Å². The minimum absolute atomic E-state index is 0.418. The van der Waals surface area contributed by atoms with Crippen molar-refractivity contribution in [1.82, 2.24) is 10.3 Å². The fourth-order valence-corrected chi connectivity index (χ4v) is 10.7. The summed E-state index contributed by atoms with van der Waals surface area (Å²) in [7, 11) is 0. The molecule has 282 valence electrons. The molecule has 0 fully saturated rings. The van der Waals surface area contributed by atoms with E-state index in [-0.39, 0.29) is 0 Å². The van der Waals surface area contributed by atoms with Crippen molar-refractivity contribution in [3.8, 4) is 33.4 Å². The molecular weight excluding hydrogens is 749 g/mol. The summed E-state index contributed by atoms with van der Waals surface area (Å²) in [5.41, 5.74) is 15.9. The van der Waals surface area contributed by atoms with Gasteiger partial charge in [-0.15, -0.1) is 0 Å². The highest BCUT2D eigenvalue weighted by atomic mass is 32.2. The molecular formula is C55H36N4S. The van der Waals surface area contributed by atoms with Crippen molar-refractivity contribution in [3.63, 3.8) is 0 Å². The van der Waals surface area contributed by atoms with E-state index in [0.717, 1.165) is 56.0 Å². The molecule has 60 heavy (non-hydrogen) atoms. The van der Waals surface area contributed by atoms with Crippen LogP contribution >= 0.6 is 11.8 Å². The first-order valence-electron chi connectivity index (χ1n) is 20.4. The molecule has 1 aliphatic carbocycles. The van der Waals surface area contributed by atoms with E-state index in [9.17, 15) is 0 Å². The van der Waals surface area contributed by atoms with Gasteiger partial charge >= 0.3 is 0 Å². The molecule has 8 aromatic carbocycles. The Morgan fingerprint density at radius 1 is 0.417 bits per heavy atom. The second kappa shape index (κ2) is 13.9. The first kappa shape index (κ1) is 34.7. The van der Waals surface area contributed by atoms with E-state index in [4.69, 9.17) is 15.0 Å². The SMILES string of the molecule is c1ccc(C2=NC(c3cccc(-c4ccc5c(c4)C4(c6cc(-c7cccc8cccnc78)ccc6S5)c5ccccc5-c5ccccc54)c3)N=C(c3ccccc3)N2)cc1. The van der Waals surface area contributed by atoms with Crippen LogP contribution in [0.15, 0.2) is 226 Å². The van der Waals surface area contributed by atoms with Crippen molar-refractivity contribution in [2.75, 3.05) is 0 Å². The number of pyridine rings is 1. The zero-order valence-corrected chi connectivity index (χ0v) is 33.3. The Morgan fingerprint density at radius 2 is 0.950 bits per heavy atom. The molecule has 1 aromatic heterocycles. The fraction of sp³-hybridized carbons (Fsp3) is 0.0364. The van der Waals surface area contributed by atoms with Crippen LogP contribution in [-0.2, 0) is 5.41 Å². The second-order valence-corrected chi connectivity index (χ2v) is 16.6. The maximum atomic E-state index is 5.20. The molecule has 9 aromatic rings. The minimum Gasteiger partial charge on any atom is -0.324 e. The summed E-state index contributed by atoms with van der Waals surface area (Å²) < 4.78 is 0. The fourth-order valence-electron chi connectivity index (χ4n) is 9.55. The van der Waals surface area contributed by atoms with Crippen LogP contribution in [0.25, 0.3) is 44.3 Å². The smallest absolute Gasteiger partial charge is 0.169 e. The summed E-state index contributed by atoms with van der Waals surface area (Å²) in [6, 6.07) is 72.2. The van der Waals surface area contributed by atoms with E-state index in [0.29, 0.717) is 0 Å². The molecule has 0 atom stereocenters. The van der Waals surface area contributed by atoms with Crippen molar-refractivity contribution < 1.29 is 0 Å². The zero-order chi connectivity index (χ0) is 39.6. The molecule has 0 bridgehead atoms. The largest absolute Gasteiger partial charge is 0.324 e. The molecule has 0 saturated heterocycles. The quantitative estimate of drug-likeness (QED) is 0.189. The number of hydrogen-bond donors (Lipinski definition) is 1. The average molecular weight is 785 g/mol. The van der Waals surface area contributed by atoms with Crippen molar-refractivity contribution in [3.05, 3.63) is 245 Å². The Hall–Kier alpha value is -7.34. The summed E-state index contributed by atoms with van der Waals surface area (Å²) in [5.74, 6) is 1.62. The molecule has 5 heteroatoms. The van der Waals surface area contributed by atoms with E-state index in [1.54, 1.807) is 0 Å². The maximum absolute atomic E-state index is 5.20. The van der Waals surface area contributed by atoms with Crippen molar-refractivity contribution in [2.45, 2.75) is 21.4 Å². The molecule has 0 amide bonds. The number of aromatic nitrogens is 1. The first-order chi connectivity index (χ1) is 29.7. The summed E-state index contributed by atoms with van der Waals surface area (Å²) in [6.45, 7) is 0. The monoisotopic (exact) mass is 784 g/mol. The van der Waals surface area contributed by atoms with Gasteiger partial charge < -0.3 is 5.32 Å². The topological polar surface area (TPSA) is 49.6 Å². The van der Waals surface area contributed by atoms with Crippen molar-refractivity contribution >= 4 is 34.3 Å². The van der Waals surface area contributed by atoms with Crippen molar-refractivity contribution in [2.24, 2.45) is 9.98 Å². The van der Waals surface area contributed by atoms with Gasteiger partial charge in [0.15, 0.2) is 6.17 Å². The van der Waals surface area contributed by atoms with Gasteiger partial charge in [0.05, 0.1) is 10.9 Å². The summed E-state index contributed by atoms with van der Waals surface area (Å²) in [6.07, 6.45) is 1.48. The van der Waals surface area contributed by atoms with Gasteiger partial charge in [-0.25, -0.2) is 9.98 Å². The van der Waals surface area contributed by atoms with Crippen LogP contribution in [0.5, 0.6) is 0 Å². The minimum atomic E-state index is -0.538. The Bertz CT molecular complexity index is 3120. The number of nitrogens with one attached hydrogen (secondary N) is 1. The number of rotatable bonds is 5. The molecule has 0 unspecified atom stereocenters. The molecule has 1 spiro atoms. The van der Waals surface area contributed by atoms with Gasteiger partial charge in [-0.05, 0) is 92.0 Å². The van der Waals surface area contributed by atoms with Gasteiger partial charge in [0, 0.05) is 38.1 Å². The second-order valence-electron chi connectivity index (χ2n) is 15.6. The highest BCUT2D eigenvalue weighted by molar-refractivity contribution is 7.99. The predicted molar refractivity (Wildman–Crippen MR) is 246 cm³/mol. The number of amidine groups is 2. The molecule has 12 rings (SSSR count). The van der Waals surface area contributed by atoms with E-state index >= 15 is 0 Å². The van der Waals surface area contributed by atoms with Crippen LogP contribution in [0.1, 0.15) is 45.1 Å². The molecule has 2 aliphatic heterocycles. The summed E-state index contributed by atoms with van der Waals surface area (Å²) >= 11 is 1.87. The number of fused-ring (bicyclic) bond motifs is 10. The van der Waals surface area contributed by atoms with Gasteiger partial charge in [0.25, 0.3) is 0 Å². The standard InChI is InChI=1S/C55H36N4S/c1-3-14-36(15-4-1)52-57-53(37-16-5-2-6-17-37)59-54(58-52)41-20-11-19-38(32-41)39-27-29-49-47(33-39)55(45-25-9-7-22-43(45)44-23-8-10-26-46(44)55)48-34-40(28-30-50(48)60-49)42-24-12-18-35-21-13-31-56-51(35)42/h1-34,54H,(H,57,58,59). The number of nitrogens with zero attached hydrogens (tertiary/aromatic N) is 3. The zero-order valence-electron chi connectivity index (χ0n) is 32.5. The third kappa shape index (κ3) is 5.43. The highest BCUT2D eigenvalue weighted by Gasteiger charge is 2.50. The Morgan fingerprint density at radius 3 is 1.63 bits per heavy atom. The van der Waals surface area contributed by atoms with Gasteiger partial charge in [0.2, 0.25) is 0 Å². The lowest BCUT2D eigenvalue weighted by molar-refractivity contribution is 0.723. The Balaban J connectivity index is 1.04. The summed E-state index contributed by atoms with van der Waals surface area (Å²) in [5, 5.41) is 4.67. The van der Waals surface area contributed by atoms with Crippen LogP contribution < -0.4 is 5.32 Å². The molecule has 4 nitrogen and oxygen atoms in total. The highest BCUT2D eigenvalue weighted by Crippen LogP contribution is 2.63. The Kier molecular flexibility index (Phi) is 8.03. The van der Waals surface area contributed by atoms with Crippen LogP contribution in [0.4, 0.5) is 0 Å². The molecule has 0 radical (unpaired) electrons. The number of benzene rings is 8. The summed E-state index contributed by atoms with van der Waals surface area (Å²) in [4.78, 5) is 17.8. The lowest BCUT2D eigenvalue weighted by atomic mass is 9.66. The van der Waals surface area contributed by atoms with Crippen molar-refractivity contribution in [1.29, 1.82) is 0 Å². The van der Waals surface area contributed by atoms with E-state index in [1.807, 2.05) is 60.4 Å². The Labute approximate surface area is 353 Å². The van der Waals surface area contributed by atoms with Gasteiger partial charge in [-0.3, -0.25) is 4.98 Å². The average Bonchev–Trinajstić information content (AvgIpc) is 3.62.